The molecule has 0 aromatic heterocycles. The van der Waals surface area contributed by atoms with Crippen LogP contribution in [0.2, 0.25) is 15.1 Å². The Morgan fingerprint density at radius 3 is 2.21 bits per heavy atom. The van der Waals surface area contributed by atoms with Gasteiger partial charge in [-0.1, -0.05) is 59.1 Å². The first kappa shape index (κ1) is 31.6. The lowest BCUT2D eigenvalue weighted by Crippen LogP contribution is -2.46. The van der Waals surface area contributed by atoms with Crippen molar-refractivity contribution < 1.29 is 16.8 Å². The molecule has 0 unspecified atom stereocenters. The normalized spacial score (nSPS) is 18.0. The van der Waals surface area contributed by atoms with E-state index >= 15 is 0 Å². The lowest BCUT2D eigenvalue weighted by Gasteiger charge is -2.40. The molecule has 12 heteroatoms. The van der Waals surface area contributed by atoms with Crippen LogP contribution < -0.4 is 4.31 Å². The van der Waals surface area contributed by atoms with E-state index in [4.69, 9.17) is 34.8 Å². The van der Waals surface area contributed by atoms with Crippen LogP contribution in [0.4, 0.5) is 5.69 Å². The topological polar surface area (TPSA) is 78.0 Å². The Kier molecular flexibility index (Phi) is 9.22. The average molecular weight is 671 g/mol. The third-order valence-corrected chi connectivity index (χ3v) is 12.6. The van der Waals surface area contributed by atoms with Crippen LogP contribution in [0.15, 0.2) is 71.6 Å². The number of likely N-dealkylation sites (N-methyl/N-ethyl adjacent to an activating group) is 1. The quantitative estimate of drug-likeness (QED) is 0.269. The lowest BCUT2D eigenvalue weighted by molar-refractivity contribution is 0.162. The second kappa shape index (κ2) is 12.3. The largest absolute Gasteiger partial charge is 0.303 e. The first-order chi connectivity index (χ1) is 19.8. The molecule has 1 spiro atoms. The Morgan fingerprint density at radius 1 is 0.905 bits per heavy atom. The van der Waals surface area contributed by atoms with Gasteiger partial charge in [-0.05, 0) is 98.4 Å². The molecule has 0 N–H and O–H groups in total. The standard InChI is InChI=1S/C30H34Cl3N3O4S2/c1-34(42(39,40)25-10-8-24(31)9-11-25)20-23(22-7-12-27(32)28(33)19-22)13-16-35-17-14-30(15-18-35)21-36(41(2,37)38)29-6-4-3-5-26(29)30/h3-12,19,23H,13-18,20-21H2,1-2H3/t23-/m1/s1. The number of hydrogen-bond donors (Lipinski definition) is 0. The van der Waals surface area contributed by atoms with Crippen LogP contribution in [-0.4, -0.2) is 72.1 Å². The van der Waals surface area contributed by atoms with E-state index in [1.165, 1.54) is 22.7 Å². The van der Waals surface area contributed by atoms with Gasteiger partial charge in [-0.15, -0.1) is 0 Å². The number of nitrogens with zero attached hydrogens (tertiary/aromatic N) is 3. The zero-order chi connectivity index (χ0) is 30.3. The molecule has 1 atom stereocenters. The summed E-state index contributed by atoms with van der Waals surface area (Å²) >= 11 is 18.5. The molecule has 5 rings (SSSR count). The van der Waals surface area contributed by atoms with Gasteiger partial charge in [-0.2, -0.15) is 0 Å². The Balaban J connectivity index is 1.30. The highest BCUT2D eigenvalue weighted by atomic mass is 35.5. The molecule has 2 aliphatic heterocycles. The maximum Gasteiger partial charge on any atom is 0.242 e. The molecule has 0 radical (unpaired) electrons. The molecule has 0 bridgehead atoms. The van der Waals surface area contributed by atoms with Crippen LogP contribution >= 0.6 is 34.8 Å². The van der Waals surface area contributed by atoms with Crippen LogP contribution in [0.5, 0.6) is 0 Å². The van der Waals surface area contributed by atoms with Gasteiger partial charge >= 0.3 is 0 Å². The lowest BCUT2D eigenvalue weighted by atomic mass is 9.74. The zero-order valence-corrected chi connectivity index (χ0v) is 27.4. The number of para-hydroxylation sites is 1. The summed E-state index contributed by atoms with van der Waals surface area (Å²) < 4.78 is 54.7. The Bertz CT molecular complexity index is 1660. The van der Waals surface area contributed by atoms with Crippen molar-refractivity contribution in [1.29, 1.82) is 0 Å². The predicted octanol–water partition coefficient (Wildman–Crippen LogP) is 6.25. The van der Waals surface area contributed by atoms with Gasteiger partial charge in [0.05, 0.1) is 26.9 Å². The van der Waals surface area contributed by atoms with E-state index in [9.17, 15) is 16.8 Å². The fourth-order valence-electron chi connectivity index (χ4n) is 6.18. The summed E-state index contributed by atoms with van der Waals surface area (Å²) in [6, 6.07) is 19.5. The van der Waals surface area contributed by atoms with Crippen molar-refractivity contribution in [3.05, 3.63) is 92.9 Å². The van der Waals surface area contributed by atoms with Crippen molar-refractivity contribution in [1.82, 2.24) is 9.21 Å². The highest BCUT2D eigenvalue weighted by Gasteiger charge is 2.46. The van der Waals surface area contributed by atoms with Gasteiger partial charge in [0.1, 0.15) is 0 Å². The van der Waals surface area contributed by atoms with Gasteiger partial charge in [0.2, 0.25) is 20.0 Å². The van der Waals surface area contributed by atoms with Crippen LogP contribution in [0.25, 0.3) is 0 Å². The Morgan fingerprint density at radius 2 is 1.57 bits per heavy atom. The van der Waals surface area contributed by atoms with Gasteiger partial charge in [-0.3, -0.25) is 4.31 Å². The first-order valence-corrected chi connectivity index (χ1v) is 18.2. The molecule has 42 heavy (non-hydrogen) atoms. The number of likely N-dealkylation sites (tertiary alicyclic amines) is 1. The predicted molar refractivity (Wildman–Crippen MR) is 171 cm³/mol. The van der Waals surface area contributed by atoms with E-state index in [2.05, 4.69) is 11.0 Å². The van der Waals surface area contributed by atoms with Crippen LogP contribution in [0, 0.1) is 0 Å². The molecule has 3 aromatic rings. The minimum Gasteiger partial charge on any atom is -0.303 e. The number of anilines is 1. The summed E-state index contributed by atoms with van der Waals surface area (Å²) in [6.45, 7) is 3.13. The SMILES string of the molecule is CN(C[C@@H](CCN1CCC2(CC1)CN(S(C)(=O)=O)c1ccccc12)c1ccc(Cl)c(Cl)c1)S(=O)(=O)c1ccc(Cl)cc1. The Labute approximate surface area is 264 Å². The third kappa shape index (κ3) is 6.48. The number of benzene rings is 3. The van der Waals surface area contributed by atoms with E-state index in [1.807, 2.05) is 30.3 Å². The molecule has 7 nitrogen and oxygen atoms in total. The second-order valence-corrected chi connectivity index (χ2v) is 16.5. The maximum absolute atomic E-state index is 13.4. The second-order valence-electron chi connectivity index (χ2n) is 11.3. The van der Waals surface area contributed by atoms with Crippen LogP contribution in [0.1, 0.15) is 36.3 Å². The summed E-state index contributed by atoms with van der Waals surface area (Å²) in [6.07, 6.45) is 3.67. The molecule has 1 saturated heterocycles. The molecule has 226 valence electrons. The van der Waals surface area contributed by atoms with E-state index in [0.29, 0.717) is 28.0 Å². The fourth-order valence-corrected chi connectivity index (χ4v) is 8.82. The summed E-state index contributed by atoms with van der Waals surface area (Å²) in [4.78, 5) is 2.57. The van der Waals surface area contributed by atoms with E-state index < -0.39 is 20.0 Å². The van der Waals surface area contributed by atoms with Crippen molar-refractivity contribution in [2.75, 3.05) is 50.3 Å². The molecule has 3 aromatic carbocycles. The maximum atomic E-state index is 13.4. The van der Waals surface area contributed by atoms with Crippen LogP contribution in [0.3, 0.4) is 0 Å². The molecule has 1 fully saturated rings. The smallest absolute Gasteiger partial charge is 0.242 e. The van der Waals surface area contributed by atoms with Crippen molar-refractivity contribution in [3.8, 4) is 0 Å². The van der Waals surface area contributed by atoms with E-state index in [0.717, 1.165) is 49.3 Å². The molecule has 0 aliphatic carbocycles. The molecule has 2 heterocycles. The molecular weight excluding hydrogens is 637 g/mol. The number of halogens is 3. The molecule has 0 amide bonds. The molecule has 0 saturated carbocycles. The number of fused-ring (bicyclic) bond motifs is 2. The van der Waals surface area contributed by atoms with Gasteiger partial charge in [0.15, 0.2) is 0 Å². The van der Waals surface area contributed by atoms with Crippen molar-refractivity contribution in [2.45, 2.75) is 35.5 Å². The zero-order valence-electron chi connectivity index (χ0n) is 23.5. The summed E-state index contributed by atoms with van der Waals surface area (Å²) in [5, 5.41) is 1.35. The third-order valence-electron chi connectivity index (χ3n) is 8.61. The number of piperidine rings is 1. The van der Waals surface area contributed by atoms with E-state index in [1.54, 1.807) is 29.6 Å². The first-order valence-electron chi connectivity index (χ1n) is 13.8. The van der Waals surface area contributed by atoms with Gasteiger partial charge in [0, 0.05) is 30.6 Å². The van der Waals surface area contributed by atoms with Crippen molar-refractivity contribution >= 4 is 60.5 Å². The van der Waals surface area contributed by atoms with Crippen LogP contribution in [-0.2, 0) is 25.5 Å². The summed E-state index contributed by atoms with van der Waals surface area (Å²) in [5.41, 5.74) is 2.62. The number of sulfonamides is 2. The van der Waals surface area contributed by atoms with Gasteiger partial charge in [0.25, 0.3) is 0 Å². The highest BCUT2D eigenvalue weighted by molar-refractivity contribution is 7.92. The monoisotopic (exact) mass is 669 g/mol. The van der Waals surface area contributed by atoms with Crippen molar-refractivity contribution in [3.63, 3.8) is 0 Å². The Hall–Kier alpha value is -1.85. The van der Waals surface area contributed by atoms with E-state index in [-0.39, 0.29) is 22.8 Å². The minimum absolute atomic E-state index is 0.129. The fraction of sp³-hybridized carbons (Fsp3) is 0.400. The summed E-state index contributed by atoms with van der Waals surface area (Å²) in [7, 11) is -5.52. The number of rotatable bonds is 9. The van der Waals surface area contributed by atoms with Gasteiger partial charge in [-0.25, -0.2) is 21.1 Å². The molecule has 2 aliphatic rings. The summed E-state index contributed by atoms with van der Waals surface area (Å²) in [5.74, 6) is -0.129. The minimum atomic E-state index is -3.73. The van der Waals surface area contributed by atoms with Crippen molar-refractivity contribution in [2.24, 2.45) is 0 Å². The van der Waals surface area contributed by atoms with Gasteiger partial charge < -0.3 is 4.90 Å². The molecular formula is C30H34Cl3N3O4S2. The number of hydrogen-bond acceptors (Lipinski definition) is 5. The average Bonchev–Trinajstić information content (AvgIpc) is 3.28. The highest BCUT2D eigenvalue weighted by Crippen LogP contribution is 2.48.